The zero-order valence-electron chi connectivity index (χ0n) is 16.5. The second kappa shape index (κ2) is 10.2. The summed E-state index contributed by atoms with van der Waals surface area (Å²) >= 11 is 11.9. The van der Waals surface area contributed by atoms with Gasteiger partial charge in [-0.2, -0.15) is 0 Å². The van der Waals surface area contributed by atoms with Gasteiger partial charge in [0.05, 0.1) is 7.11 Å². The average molecular weight is 443 g/mol. The van der Waals surface area contributed by atoms with Gasteiger partial charge in [0.25, 0.3) is 0 Å². The molecule has 0 aliphatic rings. The van der Waals surface area contributed by atoms with Gasteiger partial charge in [0.15, 0.2) is 11.5 Å². The van der Waals surface area contributed by atoms with Crippen molar-refractivity contribution in [2.75, 3.05) is 7.11 Å². The molecule has 0 spiro atoms. The van der Waals surface area contributed by atoms with Crippen molar-refractivity contribution in [3.8, 4) is 17.2 Å². The Balaban J connectivity index is 1.63. The van der Waals surface area contributed by atoms with Gasteiger partial charge in [0.1, 0.15) is 12.4 Å². The first-order chi connectivity index (χ1) is 14.4. The van der Waals surface area contributed by atoms with Crippen LogP contribution in [0.15, 0.2) is 66.7 Å². The van der Waals surface area contributed by atoms with E-state index in [9.17, 15) is 4.79 Å². The molecule has 3 rings (SSSR count). The molecule has 0 aliphatic carbocycles. The first-order valence-electron chi connectivity index (χ1n) is 9.16. The minimum Gasteiger partial charge on any atom is -0.493 e. The first kappa shape index (κ1) is 21.8. The van der Waals surface area contributed by atoms with E-state index in [1.807, 2.05) is 37.3 Å². The van der Waals surface area contributed by atoms with E-state index >= 15 is 0 Å². The van der Waals surface area contributed by atoms with E-state index in [1.165, 1.54) is 6.08 Å². The smallest absolute Gasteiger partial charge is 0.336 e. The lowest BCUT2D eigenvalue weighted by Gasteiger charge is -2.11. The molecular formula is C24H20Cl2O4. The Morgan fingerprint density at radius 2 is 1.73 bits per heavy atom. The largest absolute Gasteiger partial charge is 0.493 e. The quantitative estimate of drug-likeness (QED) is 0.237. The van der Waals surface area contributed by atoms with Crippen LogP contribution in [0.25, 0.3) is 6.08 Å². The lowest BCUT2D eigenvalue weighted by Crippen LogP contribution is -2.03. The van der Waals surface area contributed by atoms with Gasteiger partial charge in [-0.25, -0.2) is 4.79 Å². The Morgan fingerprint density at radius 3 is 2.43 bits per heavy atom. The summed E-state index contributed by atoms with van der Waals surface area (Å²) in [7, 11) is 1.56. The summed E-state index contributed by atoms with van der Waals surface area (Å²) in [6.45, 7) is 2.23. The number of aryl methyl sites for hydroxylation is 1. The van der Waals surface area contributed by atoms with Crippen LogP contribution in [0.3, 0.4) is 0 Å². The summed E-state index contributed by atoms with van der Waals surface area (Å²) in [6.07, 6.45) is 3.00. The predicted octanol–water partition coefficient (Wildman–Crippen LogP) is 6.51. The Kier molecular flexibility index (Phi) is 7.39. The molecule has 0 heterocycles. The van der Waals surface area contributed by atoms with E-state index in [1.54, 1.807) is 43.5 Å². The van der Waals surface area contributed by atoms with Crippen LogP contribution in [-0.4, -0.2) is 13.1 Å². The van der Waals surface area contributed by atoms with Crippen molar-refractivity contribution in [1.82, 2.24) is 0 Å². The summed E-state index contributed by atoms with van der Waals surface area (Å²) in [6, 6.07) is 17.9. The molecular weight excluding hydrogens is 423 g/mol. The number of benzene rings is 3. The van der Waals surface area contributed by atoms with Crippen molar-refractivity contribution >= 4 is 35.2 Å². The maximum Gasteiger partial charge on any atom is 0.336 e. The molecule has 30 heavy (non-hydrogen) atoms. The van der Waals surface area contributed by atoms with Gasteiger partial charge in [-0.05, 0) is 72.2 Å². The number of carbonyl (C=O) groups excluding carboxylic acids is 1. The molecule has 0 saturated heterocycles. The molecule has 0 aromatic heterocycles. The van der Waals surface area contributed by atoms with Crippen LogP contribution >= 0.6 is 23.2 Å². The van der Waals surface area contributed by atoms with Crippen molar-refractivity contribution in [2.24, 2.45) is 0 Å². The fraction of sp³-hybridized carbons (Fsp3) is 0.125. The molecule has 0 radical (unpaired) electrons. The van der Waals surface area contributed by atoms with Crippen molar-refractivity contribution in [3.63, 3.8) is 0 Å². The number of methoxy groups -OCH3 is 1. The molecule has 0 bridgehead atoms. The van der Waals surface area contributed by atoms with Crippen LogP contribution in [0, 0.1) is 6.92 Å². The summed E-state index contributed by atoms with van der Waals surface area (Å²) in [4.78, 5) is 12.1. The summed E-state index contributed by atoms with van der Waals surface area (Å²) in [5, 5.41) is 1.30. The second-order valence-corrected chi connectivity index (χ2v) is 7.33. The zero-order valence-corrected chi connectivity index (χ0v) is 18.0. The van der Waals surface area contributed by atoms with E-state index in [2.05, 4.69) is 0 Å². The molecule has 3 aromatic carbocycles. The van der Waals surface area contributed by atoms with E-state index in [4.69, 9.17) is 37.4 Å². The molecule has 154 valence electrons. The fourth-order valence-electron chi connectivity index (χ4n) is 2.64. The topological polar surface area (TPSA) is 44.8 Å². The number of hydrogen-bond donors (Lipinski definition) is 0. The SMILES string of the molecule is COc1cc(/C=C/C(=O)Oc2ccc(Cl)c(C)c2)ccc1OCc1ccc(Cl)cc1. The standard InChI is InChI=1S/C24H20Cl2O4/c1-16-13-20(9-10-21(16)26)30-24(27)12-6-17-5-11-22(23(14-17)28-2)29-15-18-3-7-19(25)8-4-18/h3-14H,15H2,1-2H3/b12-6+. The maximum atomic E-state index is 12.1. The van der Waals surface area contributed by atoms with Gasteiger partial charge in [-0.1, -0.05) is 41.4 Å². The molecule has 0 fully saturated rings. The lowest BCUT2D eigenvalue weighted by molar-refractivity contribution is -0.128. The van der Waals surface area contributed by atoms with Crippen LogP contribution in [0.4, 0.5) is 0 Å². The van der Waals surface area contributed by atoms with E-state index in [0.29, 0.717) is 33.9 Å². The Hall–Kier alpha value is -2.95. The summed E-state index contributed by atoms with van der Waals surface area (Å²) in [5.74, 6) is 1.12. The number of ether oxygens (including phenoxy) is 3. The Bertz CT molecular complexity index is 1060. The fourth-order valence-corrected chi connectivity index (χ4v) is 2.89. The minimum absolute atomic E-state index is 0.384. The van der Waals surface area contributed by atoms with Gasteiger partial charge in [-0.15, -0.1) is 0 Å². The molecule has 6 heteroatoms. The van der Waals surface area contributed by atoms with E-state index in [0.717, 1.165) is 16.7 Å². The number of rotatable bonds is 7. The van der Waals surface area contributed by atoms with Gasteiger partial charge in [0, 0.05) is 16.1 Å². The van der Waals surface area contributed by atoms with Crippen molar-refractivity contribution < 1.29 is 19.0 Å². The molecule has 4 nitrogen and oxygen atoms in total. The lowest BCUT2D eigenvalue weighted by atomic mass is 10.2. The minimum atomic E-state index is -0.487. The summed E-state index contributed by atoms with van der Waals surface area (Å²) < 4.78 is 16.5. The summed E-state index contributed by atoms with van der Waals surface area (Å²) in [5.41, 5.74) is 2.60. The monoisotopic (exact) mass is 442 g/mol. The van der Waals surface area contributed by atoms with Crippen LogP contribution in [0.1, 0.15) is 16.7 Å². The number of halogens is 2. The molecule has 0 saturated carbocycles. The average Bonchev–Trinajstić information content (AvgIpc) is 2.74. The molecule has 0 unspecified atom stereocenters. The second-order valence-electron chi connectivity index (χ2n) is 6.49. The highest BCUT2D eigenvalue weighted by atomic mass is 35.5. The number of hydrogen-bond acceptors (Lipinski definition) is 4. The Labute approximate surface area is 185 Å². The normalized spacial score (nSPS) is 10.8. The third-order valence-corrected chi connectivity index (χ3v) is 4.93. The molecule has 0 N–H and O–H groups in total. The van der Waals surface area contributed by atoms with Crippen molar-refractivity contribution in [2.45, 2.75) is 13.5 Å². The zero-order chi connectivity index (χ0) is 21.5. The molecule has 0 amide bonds. The predicted molar refractivity (Wildman–Crippen MR) is 120 cm³/mol. The highest BCUT2D eigenvalue weighted by Crippen LogP contribution is 2.29. The number of carbonyl (C=O) groups is 1. The van der Waals surface area contributed by atoms with Gasteiger partial charge >= 0.3 is 5.97 Å². The van der Waals surface area contributed by atoms with Gasteiger partial charge < -0.3 is 14.2 Å². The third-order valence-electron chi connectivity index (χ3n) is 4.25. The van der Waals surface area contributed by atoms with Crippen molar-refractivity contribution in [1.29, 1.82) is 0 Å². The van der Waals surface area contributed by atoms with Crippen LogP contribution in [0.5, 0.6) is 17.2 Å². The van der Waals surface area contributed by atoms with E-state index < -0.39 is 5.97 Å². The van der Waals surface area contributed by atoms with Gasteiger partial charge in [0.2, 0.25) is 0 Å². The molecule has 0 atom stereocenters. The molecule has 0 aliphatic heterocycles. The van der Waals surface area contributed by atoms with Crippen LogP contribution in [-0.2, 0) is 11.4 Å². The maximum absolute atomic E-state index is 12.1. The Morgan fingerprint density at radius 1 is 0.967 bits per heavy atom. The van der Waals surface area contributed by atoms with Crippen molar-refractivity contribution in [3.05, 3.63) is 93.5 Å². The highest BCUT2D eigenvalue weighted by molar-refractivity contribution is 6.31. The highest BCUT2D eigenvalue weighted by Gasteiger charge is 2.07. The number of esters is 1. The third kappa shape index (κ3) is 6.02. The van der Waals surface area contributed by atoms with E-state index in [-0.39, 0.29) is 0 Å². The van der Waals surface area contributed by atoms with Crippen LogP contribution < -0.4 is 14.2 Å². The first-order valence-corrected chi connectivity index (χ1v) is 9.91. The van der Waals surface area contributed by atoms with Gasteiger partial charge in [-0.3, -0.25) is 0 Å². The van der Waals surface area contributed by atoms with Crippen LogP contribution in [0.2, 0.25) is 10.0 Å². The molecule has 3 aromatic rings.